The third-order valence-corrected chi connectivity index (χ3v) is 6.32. The second-order valence-corrected chi connectivity index (χ2v) is 8.82. The summed E-state index contributed by atoms with van der Waals surface area (Å²) in [6.45, 7) is 3.61. The average Bonchev–Trinajstić information content (AvgIpc) is 3.51. The summed E-state index contributed by atoms with van der Waals surface area (Å²) in [4.78, 5) is 13.3. The van der Waals surface area contributed by atoms with Crippen LogP contribution in [0.3, 0.4) is 0 Å². The van der Waals surface area contributed by atoms with Crippen LogP contribution in [0.4, 0.5) is 0 Å². The van der Waals surface area contributed by atoms with E-state index in [0.717, 1.165) is 94.1 Å². The van der Waals surface area contributed by atoms with Crippen molar-refractivity contribution in [2.75, 3.05) is 0 Å². The second-order valence-electron chi connectivity index (χ2n) is 8.82. The highest BCUT2D eigenvalue weighted by Crippen LogP contribution is 2.38. The first kappa shape index (κ1) is 21.0. The fourth-order valence-corrected chi connectivity index (χ4v) is 4.84. The van der Waals surface area contributed by atoms with Gasteiger partial charge in [0.15, 0.2) is 0 Å². The maximum atomic E-state index is 13.3. The molecule has 162 valence electrons. The Bertz CT molecular complexity index is 785. The van der Waals surface area contributed by atoms with Crippen LogP contribution < -0.4 is 0 Å². The molecule has 0 aromatic rings. The molecule has 4 aliphatic rings. The Balaban J connectivity index is 1.58. The summed E-state index contributed by atoms with van der Waals surface area (Å²) in [7, 11) is 0. The van der Waals surface area contributed by atoms with E-state index in [4.69, 9.17) is 14.2 Å². The Morgan fingerprint density at radius 3 is 1.63 bits per heavy atom. The lowest BCUT2D eigenvalue weighted by Crippen LogP contribution is -2.38. The normalized spacial score (nSPS) is 21.0. The van der Waals surface area contributed by atoms with Gasteiger partial charge >= 0.3 is 11.9 Å². The van der Waals surface area contributed by atoms with Gasteiger partial charge in [-0.15, -0.1) is 0 Å². The van der Waals surface area contributed by atoms with Crippen LogP contribution >= 0.6 is 0 Å². The zero-order valence-corrected chi connectivity index (χ0v) is 18.4. The van der Waals surface area contributed by atoms with Gasteiger partial charge in [-0.1, -0.05) is 12.2 Å². The quantitative estimate of drug-likeness (QED) is 0.248. The lowest BCUT2D eigenvalue weighted by atomic mass is 9.92. The van der Waals surface area contributed by atoms with E-state index in [1.807, 2.05) is 6.92 Å². The molecule has 0 saturated carbocycles. The van der Waals surface area contributed by atoms with Crippen molar-refractivity contribution in [1.82, 2.24) is 0 Å². The van der Waals surface area contributed by atoms with E-state index in [1.165, 1.54) is 11.1 Å². The van der Waals surface area contributed by atoms with Crippen molar-refractivity contribution in [3.8, 4) is 0 Å². The Kier molecular flexibility index (Phi) is 6.50. The Morgan fingerprint density at radius 1 is 0.767 bits per heavy atom. The van der Waals surface area contributed by atoms with Crippen LogP contribution in [0.25, 0.3) is 0 Å². The Hall–Kier alpha value is -2.23. The molecule has 30 heavy (non-hydrogen) atoms. The fraction of sp³-hybridized carbons (Fsp3) is 0.577. The monoisotopic (exact) mass is 410 g/mol. The molecule has 0 aromatic heterocycles. The maximum absolute atomic E-state index is 13.3. The molecule has 0 N–H and O–H groups in total. The lowest BCUT2D eigenvalue weighted by molar-refractivity contribution is -0.321. The van der Waals surface area contributed by atoms with Gasteiger partial charge in [0, 0.05) is 18.4 Å². The lowest BCUT2D eigenvalue weighted by Gasteiger charge is -2.31. The molecule has 4 heteroatoms. The van der Waals surface area contributed by atoms with Gasteiger partial charge in [-0.05, 0) is 100 Å². The van der Waals surface area contributed by atoms with Crippen LogP contribution in [0.2, 0.25) is 0 Å². The first-order valence-electron chi connectivity index (χ1n) is 11.6. The number of rotatable bonds is 8. The number of carbonyl (C=O) groups excluding carboxylic acids is 1. The van der Waals surface area contributed by atoms with Crippen LogP contribution in [-0.2, 0) is 19.0 Å². The van der Waals surface area contributed by atoms with Gasteiger partial charge in [0.05, 0.1) is 6.92 Å². The minimum Gasteiger partial charge on any atom is -0.426 e. The fourth-order valence-electron chi connectivity index (χ4n) is 4.84. The number of hydrogen-bond donors (Lipinski definition) is 0. The SMILES string of the molecule is CC(C(=O)OC(C)(OC1=CCCC1)OC1=CCCC1)=C(C1=CCCC1)C1=CCCC1. The number of ether oxygens (including phenoxy) is 3. The summed E-state index contributed by atoms with van der Waals surface area (Å²) < 4.78 is 18.2. The van der Waals surface area contributed by atoms with Gasteiger partial charge in [0.25, 0.3) is 0 Å². The van der Waals surface area contributed by atoms with Crippen molar-refractivity contribution in [3.05, 3.63) is 58.1 Å². The molecule has 0 unspecified atom stereocenters. The molecule has 0 bridgehead atoms. The van der Waals surface area contributed by atoms with E-state index < -0.39 is 5.97 Å². The molecule has 0 fully saturated rings. The van der Waals surface area contributed by atoms with Gasteiger partial charge in [-0.2, -0.15) is 0 Å². The minimum absolute atomic E-state index is 0.356. The topological polar surface area (TPSA) is 44.8 Å². The molecular weight excluding hydrogens is 376 g/mol. The zero-order chi connectivity index (χ0) is 21.0. The number of esters is 1. The molecule has 0 atom stereocenters. The first-order chi connectivity index (χ1) is 14.5. The van der Waals surface area contributed by atoms with Crippen molar-refractivity contribution in [3.63, 3.8) is 0 Å². The van der Waals surface area contributed by atoms with Crippen molar-refractivity contribution < 1.29 is 19.0 Å². The number of hydrogen-bond acceptors (Lipinski definition) is 4. The second kappa shape index (κ2) is 9.28. The van der Waals surface area contributed by atoms with Gasteiger partial charge in [0.2, 0.25) is 0 Å². The van der Waals surface area contributed by atoms with E-state index in [1.54, 1.807) is 6.92 Å². The van der Waals surface area contributed by atoms with Crippen molar-refractivity contribution in [1.29, 1.82) is 0 Å². The van der Waals surface area contributed by atoms with E-state index in [9.17, 15) is 4.79 Å². The smallest absolute Gasteiger partial charge is 0.415 e. The molecule has 0 amide bonds. The summed E-state index contributed by atoms with van der Waals surface area (Å²) in [5.41, 5.74) is 4.34. The largest absolute Gasteiger partial charge is 0.426 e. The molecule has 0 aliphatic heterocycles. The number of allylic oxidation sites excluding steroid dienone is 9. The molecule has 0 radical (unpaired) electrons. The van der Waals surface area contributed by atoms with E-state index in [0.29, 0.717) is 5.57 Å². The van der Waals surface area contributed by atoms with Gasteiger partial charge in [0.1, 0.15) is 11.5 Å². The summed E-state index contributed by atoms with van der Waals surface area (Å²) >= 11 is 0. The van der Waals surface area contributed by atoms with Crippen LogP contribution in [0.5, 0.6) is 0 Å². The molecule has 0 spiro atoms. The van der Waals surface area contributed by atoms with Gasteiger partial charge < -0.3 is 14.2 Å². The predicted octanol–water partition coefficient (Wildman–Crippen LogP) is 6.91. The van der Waals surface area contributed by atoms with Gasteiger partial charge in [-0.25, -0.2) is 4.79 Å². The summed E-state index contributed by atoms with van der Waals surface area (Å²) in [5.74, 6) is -0.0972. The standard InChI is InChI=1S/C26H34O4/c1-19(24(20-11-3-4-12-20)21-13-5-6-14-21)25(27)30-26(2,28-22-15-7-8-16-22)29-23-17-9-10-18-23/h11,13,15,17H,3-10,12,14,16,18H2,1-2H3. The third kappa shape index (κ3) is 4.91. The maximum Gasteiger partial charge on any atom is 0.415 e. The highest BCUT2D eigenvalue weighted by molar-refractivity contribution is 5.91. The molecule has 4 nitrogen and oxygen atoms in total. The Labute approximate surface area is 180 Å². The van der Waals surface area contributed by atoms with Crippen LogP contribution in [0, 0.1) is 0 Å². The number of carbonyl (C=O) groups is 1. The highest BCUT2D eigenvalue weighted by Gasteiger charge is 2.38. The van der Waals surface area contributed by atoms with E-state index in [-0.39, 0.29) is 5.97 Å². The van der Waals surface area contributed by atoms with Gasteiger partial charge in [-0.3, -0.25) is 0 Å². The summed E-state index contributed by atoms with van der Waals surface area (Å²) in [6.07, 6.45) is 21.1. The molecule has 4 aliphatic carbocycles. The van der Waals surface area contributed by atoms with E-state index >= 15 is 0 Å². The third-order valence-electron chi connectivity index (χ3n) is 6.32. The molecular formula is C26H34O4. The summed E-state index contributed by atoms with van der Waals surface area (Å²) in [5, 5.41) is 0. The zero-order valence-electron chi connectivity index (χ0n) is 18.4. The highest BCUT2D eigenvalue weighted by atomic mass is 16.9. The summed E-state index contributed by atoms with van der Waals surface area (Å²) in [6, 6.07) is 0. The molecule has 0 aromatic carbocycles. The average molecular weight is 411 g/mol. The Morgan fingerprint density at radius 2 is 1.23 bits per heavy atom. The van der Waals surface area contributed by atoms with Crippen LogP contribution in [-0.4, -0.2) is 11.9 Å². The van der Waals surface area contributed by atoms with E-state index in [2.05, 4.69) is 24.3 Å². The van der Waals surface area contributed by atoms with Crippen LogP contribution in [0.1, 0.15) is 90.9 Å². The van der Waals surface area contributed by atoms with Crippen LogP contribution in [0.15, 0.2) is 58.1 Å². The van der Waals surface area contributed by atoms with Crippen molar-refractivity contribution in [2.45, 2.75) is 96.9 Å². The van der Waals surface area contributed by atoms with Crippen molar-refractivity contribution in [2.24, 2.45) is 0 Å². The first-order valence-corrected chi connectivity index (χ1v) is 11.6. The van der Waals surface area contributed by atoms with Crippen molar-refractivity contribution >= 4 is 5.97 Å². The minimum atomic E-state index is -1.44. The molecule has 4 rings (SSSR count). The molecule has 0 saturated heterocycles. The molecule has 0 heterocycles. The predicted molar refractivity (Wildman–Crippen MR) is 117 cm³/mol.